The first-order valence-corrected chi connectivity index (χ1v) is 9.82. The predicted molar refractivity (Wildman–Crippen MR) is 110 cm³/mol. The SMILES string of the molecule is Cc1ccc(NC(=O)c2c(NC(=O)c3ccccc3)sc3c2CCC3)cc1. The van der Waals surface area contributed by atoms with E-state index in [0.717, 1.165) is 36.1 Å². The number of carbonyl (C=O) groups excluding carboxylic acids is 2. The van der Waals surface area contributed by atoms with Gasteiger partial charge in [0.05, 0.1) is 5.56 Å². The second-order valence-electron chi connectivity index (χ2n) is 6.70. The van der Waals surface area contributed by atoms with Crippen molar-refractivity contribution >= 4 is 33.8 Å². The van der Waals surface area contributed by atoms with Gasteiger partial charge in [-0.25, -0.2) is 0 Å². The molecule has 0 spiro atoms. The number of aryl methyl sites for hydroxylation is 2. The summed E-state index contributed by atoms with van der Waals surface area (Å²) in [7, 11) is 0. The third-order valence-electron chi connectivity index (χ3n) is 4.72. The Kier molecular flexibility index (Phi) is 4.77. The fourth-order valence-electron chi connectivity index (χ4n) is 3.33. The molecule has 1 aliphatic carbocycles. The molecule has 4 nitrogen and oxygen atoms in total. The first-order valence-electron chi connectivity index (χ1n) is 9.01. The van der Waals surface area contributed by atoms with Crippen molar-refractivity contribution in [2.45, 2.75) is 26.2 Å². The topological polar surface area (TPSA) is 58.2 Å². The third kappa shape index (κ3) is 3.64. The Morgan fingerprint density at radius 3 is 2.37 bits per heavy atom. The van der Waals surface area contributed by atoms with Crippen LogP contribution in [0.1, 0.15) is 43.1 Å². The van der Waals surface area contributed by atoms with Crippen molar-refractivity contribution in [2.24, 2.45) is 0 Å². The number of carbonyl (C=O) groups is 2. The molecule has 0 fully saturated rings. The summed E-state index contributed by atoms with van der Waals surface area (Å²) in [5.74, 6) is -0.360. The summed E-state index contributed by atoms with van der Waals surface area (Å²) in [6.45, 7) is 2.01. The molecular weight excluding hydrogens is 356 g/mol. The zero-order chi connectivity index (χ0) is 18.8. The molecule has 2 amide bonds. The Hall–Kier alpha value is -2.92. The van der Waals surface area contributed by atoms with E-state index in [2.05, 4.69) is 10.6 Å². The highest BCUT2D eigenvalue weighted by atomic mass is 32.1. The minimum Gasteiger partial charge on any atom is -0.322 e. The minimum absolute atomic E-state index is 0.165. The van der Waals surface area contributed by atoms with Gasteiger partial charge in [-0.2, -0.15) is 0 Å². The van der Waals surface area contributed by atoms with Crippen molar-refractivity contribution < 1.29 is 9.59 Å². The Morgan fingerprint density at radius 1 is 0.889 bits per heavy atom. The maximum absolute atomic E-state index is 13.0. The largest absolute Gasteiger partial charge is 0.322 e. The Labute approximate surface area is 162 Å². The normalized spacial score (nSPS) is 12.5. The van der Waals surface area contributed by atoms with Crippen LogP contribution in [0.25, 0.3) is 0 Å². The number of hydrogen-bond donors (Lipinski definition) is 2. The smallest absolute Gasteiger partial charge is 0.258 e. The highest BCUT2D eigenvalue weighted by Gasteiger charge is 2.27. The summed E-state index contributed by atoms with van der Waals surface area (Å²) < 4.78 is 0. The van der Waals surface area contributed by atoms with Crippen LogP contribution < -0.4 is 10.6 Å². The molecule has 0 saturated carbocycles. The lowest BCUT2D eigenvalue weighted by molar-refractivity contribution is 0.102. The van der Waals surface area contributed by atoms with Crippen LogP contribution in [-0.2, 0) is 12.8 Å². The molecule has 4 rings (SSSR count). The van der Waals surface area contributed by atoms with Gasteiger partial charge in [0.2, 0.25) is 0 Å². The molecule has 1 aromatic heterocycles. The average Bonchev–Trinajstić information content (AvgIpc) is 3.25. The molecule has 3 aromatic rings. The molecule has 1 aliphatic rings. The zero-order valence-corrected chi connectivity index (χ0v) is 15.9. The standard InChI is InChI=1S/C22H20N2O2S/c1-14-10-12-16(13-11-14)23-21(26)19-17-8-5-9-18(17)27-22(19)24-20(25)15-6-3-2-4-7-15/h2-4,6-7,10-13H,5,8-9H2,1H3,(H,23,26)(H,24,25). The molecule has 0 aliphatic heterocycles. The molecule has 2 aromatic carbocycles. The van der Waals surface area contributed by atoms with Crippen LogP contribution in [0.2, 0.25) is 0 Å². The van der Waals surface area contributed by atoms with E-state index >= 15 is 0 Å². The molecule has 0 bridgehead atoms. The molecule has 0 saturated heterocycles. The molecule has 27 heavy (non-hydrogen) atoms. The fourth-order valence-corrected chi connectivity index (χ4v) is 4.61. The summed E-state index contributed by atoms with van der Waals surface area (Å²) in [6.07, 6.45) is 2.90. The molecule has 0 atom stereocenters. The van der Waals surface area contributed by atoms with Crippen LogP contribution in [0.5, 0.6) is 0 Å². The van der Waals surface area contributed by atoms with Crippen LogP contribution in [0.3, 0.4) is 0 Å². The highest BCUT2D eigenvalue weighted by Crippen LogP contribution is 2.39. The van der Waals surface area contributed by atoms with Gasteiger partial charge < -0.3 is 10.6 Å². The van der Waals surface area contributed by atoms with E-state index in [9.17, 15) is 9.59 Å². The highest BCUT2D eigenvalue weighted by molar-refractivity contribution is 7.17. The molecular formula is C22H20N2O2S. The lowest BCUT2D eigenvalue weighted by atomic mass is 10.1. The molecule has 0 radical (unpaired) electrons. The summed E-state index contributed by atoms with van der Waals surface area (Å²) in [5, 5.41) is 6.56. The zero-order valence-electron chi connectivity index (χ0n) is 15.0. The van der Waals surface area contributed by atoms with Gasteiger partial charge in [0, 0.05) is 16.1 Å². The lowest BCUT2D eigenvalue weighted by Crippen LogP contribution is -2.18. The van der Waals surface area contributed by atoms with E-state index in [0.29, 0.717) is 16.1 Å². The average molecular weight is 376 g/mol. The van der Waals surface area contributed by atoms with Crippen molar-refractivity contribution in [2.75, 3.05) is 10.6 Å². The van der Waals surface area contributed by atoms with Gasteiger partial charge in [0.25, 0.3) is 11.8 Å². The Bertz CT molecular complexity index is 991. The van der Waals surface area contributed by atoms with E-state index < -0.39 is 0 Å². The molecule has 136 valence electrons. The number of hydrogen-bond acceptors (Lipinski definition) is 3. The second-order valence-corrected chi connectivity index (χ2v) is 7.81. The van der Waals surface area contributed by atoms with Gasteiger partial charge in [-0.3, -0.25) is 9.59 Å². The quantitative estimate of drug-likeness (QED) is 0.669. The minimum atomic E-state index is -0.195. The number of thiophene rings is 1. The fraction of sp³-hybridized carbons (Fsp3) is 0.182. The van der Waals surface area contributed by atoms with Crippen LogP contribution in [0.15, 0.2) is 54.6 Å². The third-order valence-corrected chi connectivity index (χ3v) is 5.93. The number of nitrogens with one attached hydrogen (secondary N) is 2. The molecule has 0 unspecified atom stereocenters. The van der Waals surface area contributed by atoms with Gasteiger partial charge in [-0.1, -0.05) is 35.9 Å². The van der Waals surface area contributed by atoms with Gasteiger partial charge in [-0.05, 0) is 56.0 Å². The number of anilines is 2. The van der Waals surface area contributed by atoms with Gasteiger partial charge in [0.1, 0.15) is 5.00 Å². The van der Waals surface area contributed by atoms with E-state index in [-0.39, 0.29) is 11.8 Å². The van der Waals surface area contributed by atoms with E-state index in [1.165, 1.54) is 16.2 Å². The summed E-state index contributed by atoms with van der Waals surface area (Å²) >= 11 is 1.52. The van der Waals surface area contributed by atoms with Crippen LogP contribution >= 0.6 is 11.3 Å². The second kappa shape index (κ2) is 7.37. The van der Waals surface area contributed by atoms with Crippen molar-refractivity contribution in [3.8, 4) is 0 Å². The Morgan fingerprint density at radius 2 is 1.63 bits per heavy atom. The van der Waals surface area contributed by atoms with Gasteiger partial charge >= 0.3 is 0 Å². The summed E-state index contributed by atoms with van der Waals surface area (Å²) in [5.41, 5.74) is 4.16. The first-order chi connectivity index (χ1) is 13.1. The van der Waals surface area contributed by atoms with Crippen molar-refractivity contribution in [3.63, 3.8) is 0 Å². The first kappa shape index (κ1) is 17.5. The maximum atomic E-state index is 13.0. The van der Waals surface area contributed by atoms with E-state index in [1.807, 2.05) is 49.4 Å². The van der Waals surface area contributed by atoms with Crippen LogP contribution in [-0.4, -0.2) is 11.8 Å². The molecule has 5 heteroatoms. The summed E-state index contributed by atoms with van der Waals surface area (Å²) in [6, 6.07) is 16.8. The number of benzene rings is 2. The lowest BCUT2D eigenvalue weighted by Gasteiger charge is -2.10. The summed E-state index contributed by atoms with van der Waals surface area (Å²) in [4.78, 5) is 26.8. The number of rotatable bonds is 4. The van der Waals surface area contributed by atoms with Crippen LogP contribution in [0, 0.1) is 6.92 Å². The van der Waals surface area contributed by atoms with E-state index in [1.54, 1.807) is 12.1 Å². The van der Waals surface area contributed by atoms with Crippen molar-refractivity contribution in [3.05, 3.63) is 81.7 Å². The number of fused-ring (bicyclic) bond motifs is 1. The van der Waals surface area contributed by atoms with Crippen molar-refractivity contribution in [1.82, 2.24) is 0 Å². The van der Waals surface area contributed by atoms with Gasteiger partial charge in [0.15, 0.2) is 0 Å². The maximum Gasteiger partial charge on any atom is 0.258 e. The predicted octanol–water partition coefficient (Wildman–Crippen LogP) is 5.05. The monoisotopic (exact) mass is 376 g/mol. The van der Waals surface area contributed by atoms with Crippen LogP contribution in [0.4, 0.5) is 10.7 Å². The Balaban J connectivity index is 1.62. The van der Waals surface area contributed by atoms with Crippen molar-refractivity contribution in [1.29, 1.82) is 0 Å². The van der Waals surface area contributed by atoms with E-state index in [4.69, 9.17) is 0 Å². The molecule has 1 heterocycles. The molecule has 2 N–H and O–H groups in total. The number of amides is 2. The van der Waals surface area contributed by atoms with Gasteiger partial charge in [-0.15, -0.1) is 11.3 Å².